The van der Waals surface area contributed by atoms with E-state index in [0.717, 1.165) is 12.3 Å². The summed E-state index contributed by atoms with van der Waals surface area (Å²) in [4.78, 5) is 10.7. The van der Waals surface area contributed by atoms with Gasteiger partial charge in [0.1, 0.15) is 0 Å². The van der Waals surface area contributed by atoms with Crippen LogP contribution >= 0.6 is 0 Å². The third-order valence-electron chi connectivity index (χ3n) is 2.28. The van der Waals surface area contributed by atoms with Crippen molar-refractivity contribution in [2.75, 3.05) is 7.11 Å². The van der Waals surface area contributed by atoms with E-state index in [0.29, 0.717) is 0 Å². The van der Waals surface area contributed by atoms with E-state index in [1.54, 1.807) is 0 Å². The Balaban J connectivity index is 2.31. The molecule has 0 aromatic heterocycles. The number of rotatable bonds is 4. The molecule has 0 bridgehead atoms. The normalized spacial score (nSPS) is 17.8. The lowest BCUT2D eigenvalue weighted by molar-refractivity contribution is -0.134. The molecule has 1 aliphatic carbocycles. The Hall–Kier alpha value is -1.05. The van der Waals surface area contributed by atoms with Crippen LogP contribution in [0, 0.1) is 5.92 Å². The summed E-state index contributed by atoms with van der Waals surface area (Å²) in [6.07, 6.45) is 9.03. The van der Waals surface area contributed by atoms with Gasteiger partial charge in [-0.1, -0.05) is 17.7 Å². The lowest BCUT2D eigenvalue weighted by atomic mass is 10.1. The van der Waals surface area contributed by atoms with Gasteiger partial charge < -0.3 is 4.74 Å². The molecule has 0 heterocycles. The lowest BCUT2D eigenvalue weighted by Gasteiger charge is -1.99. The van der Waals surface area contributed by atoms with E-state index in [2.05, 4.69) is 17.7 Å². The van der Waals surface area contributed by atoms with E-state index in [4.69, 9.17) is 0 Å². The average Bonchev–Trinajstić information content (AvgIpc) is 2.95. The summed E-state index contributed by atoms with van der Waals surface area (Å²) in [5.74, 6) is 0.513. The highest BCUT2D eigenvalue weighted by Crippen LogP contribution is 2.37. The first-order chi connectivity index (χ1) is 6.27. The van der Waals surface area contributed by atoms with E-state index in [9.17, 15) is 4.79 Å². The zero-order valence-corrected chi connectivity index (χ0v) is 8.25. The summed E-state index contributed by atoms with van der Waals surface area (Å²) in [5, 5.41) is 0. The molecule has 0 aliphatic heterocycles. The van der Waals surface area contributed by atoms with Crippen molar-refractivity contribution in [3.8, 4) is 0 Å². The summed E-state index contributed by atoms with van der Waals surface area (Å²) >= 11 is 0. The molecule has 0 unspecified atom stereocenters. The third kappa shape index (κ3) is 3.45. The summed E-state index contributed by atoms with van der Waals surface area (Å²) < 4.78 is 4.50. The first-order valence-electron chi connectivity index (χ1n) is 4.67. The van der Waals surface area contributed by atoms with Gasteiger partial charge in [0.15, 0.2) is 0 Å². The fourth-order valence-corrected chi connectivity index (χ4v) is 1.33. The monoisotopic (exact) mass is 180 g/mol. The third-order valence-corrected chi connectivity index (χ3v) is 2.28. The van der Waals surface area contributed by atoms with Crippen LogP contribution < -0.4 is 0 Å². The van der Waals surface area contributed by atoms with Crippen LogP contribution in [0.4, 0.5) is 0 Å². The molecule has 0 atom stereocenters. The highest BCUT2D eigenvalue weighted by Gasteiger charge is 2.24. The van der Waals surface area contributed by atoms with Crippen LogP contribution in [0.2, 0.25) is 0 Å². The predicted octanol–water partition coefficient (Wildman–Crippen LogP) is 2.46. The SMILES string of the molecule is C/C=C(\C/C=C\C(=O)OC)C1CC1. The van der Waals surface area contributed by atoms with Crippen molar-refractivity contribution < 1.29 is 9.53 Å². The molecule has 0 aromatic rings. The second-order valence-electron chi connectivity index (χ2n) is 3.27. The minimum absolute atomic E-state index is 0.272. The van der Waals surface area contributed by atoms with Gasteiger partial charge in [0, 0.05) is 6.08 Å². The Bertz CT molecular complexity index is 234. The number of carbonyl (C=O) groups is 1. The maximum Gasteiger partial charge on any atom is 0.330 e. The van der Waals surface area contributed by atoms with Crippen molar-refractivity contribution in [1.82, 2.24) is 0 Å². The van der Waals surface area contributed by atoms with E-state index in [1.165, 1.54) is 31.6 Å². The summed E-state index contributed by atoms with van der Waals surface area (Å²) in [7, 11) is 1.39. The number of methoxy groups -OCH3 is 1. The lowest BCUT2D eigenvalue weighted by Crippen LogP contribution is -1.93. The van der Waals surface area contributed by atoms with Gasteiger partial charge in [-0.25, -0.2) is 4.79 Å². The van der Waals surface area contributed by atoms with Crippen LogP contribution in [0.25, 0.3) is 0 Å². The number of ether oxygens (including phenoxy) is 1. The molecular formula is C11H16O2. The fourth-order valence-electron chi connectivity index (χ4n) is 1.33. The smallest absolute Gasteiger partial charge is 0.330 e. The standard InChI is InChI=1S/C11H16O2/c1-3-9(10-7-8-10)5-4-6-11(12)13-2/h3-4,6,10H,5,7-8H2,1-2H3/b6-4-,9-3+. The Morgan fingerprint density at radius 2 is 2.23 bits per heavy atom. The average molecular weight is 180 g/mol. The molecule has 1 fully saturated rings. The Morgan fingerprint density at radius 3 is 2.69 bits per heavy atom. The minimum atomic E-state index is -0.272. The highest BCUT2D eigenvalue weighted by molar-refractivity contribution is 5.81. The number of hydrogen-bond donors (Lipinski definition) is 0. The van der Waals surface area contributed by atoms with Crippen LogP contribution in [0.5, 0.6) is 0 Å². The number of allylic oxidation sites excluding steroid dienone is 3. The van der Waals surface area contributed by atoms with E-state index in [1.807, 2.05) is 6.08 Å². The molecule has 0 saturated heterocycles. The number of esters is 1. The van der Waals surface area contributed by atoms with Crippen molar-refractivity contribution in [2.24, 2.45) is 5.92 Å². The summed E-state index contributed by atoms with van der Waals surface area (Å²) in [6, 6.07) is 0. The Labute approximate surface area is 79.3 Å². The first kappa shape index (κ1) is 10.0. The van der Waals surface area contributed by atoms with E-state index < -0.39 is 0 Å². The molecular weight excluding hydrogens is 164 g/mol. The van der Waals surface area contributed by atoms with Crippen LogP contribution in [0.3, 0.4) is 0 Å². The Kier molecular flexibility index (Phi) is 3.74. The van der Waals surface area contributed by atoms with E-state index >= 15 is 0 Å². The van der Waals surface area contributed by atoms with Crippen LogP contribution in [0.15, 0.2) is 23.8 Å². The maximum absolute atomic E-state index is 10.7. The molecule has 0 aromatic carbocycles. The van der Waals surface area contributed by atoms with Crippen molar-refractivity contribution >= 4 is 5.97 Å². The molecule has 0 spiro atoms. The highest BCUT2D eigenvalue weighted by atomic mass is 16.5. The van der Waals surface area contributed by atoms with Crippen molar-refractivity contribution in [1.29, 1.82) is 0 Å². The maximum atomic E-state index is 10.7. The Morgan fingerprint density at radius 1 is 1.54 bits per heavy atom. The summed E-state index contributed by atoms with van der Waals surface area (Å²) in [5.41, 5.74) is 1.44. The zero-order valence-electron chi connectivity index (χ0n) is 8.25. The van der Waals surface area contributed by atoms with Crippen molar-refractivity contribution in [3.63, 3.8) is 0 Å². The van der Waals surface area contributed by atoms with Crippen molar-refractivity contribution in [2.45, 2.75) is 26.2 Å². The molecule has 0 radical (unpaired) electrons. The van der Waals surface area contributed by atoms with Gasteiger partial charge >= 0.3 is 5.97 Å². The molecule has 72 valence electrons. The van der Waals surface area contributed by atoms with E-state index in [-0.39, 0.29) is 5.97 Å². The van der Waals surface area contributed by atoms with Crippen LogP contribution in [-0.2, 0) is 9.53 Å². The molecule has 2 heteroatoms. The van der Waals surface area contributed by atoms with Gasteiger partial charge in [-0.3, -0.25) is 0 Å². The fraction of sp³-hybridized carbons (Fsp3) is 0.545. The van der Waals surface area contributed by atoms with Gasteiger partial charge in [-0.2, -0.15) is 0 Å². The number of carbonyl (C=O) groups excluding carboxylic acids is 1. The summed E-state index contributed by atoms with van der Waals surface area (Å²) in [6.45, 7) is 2.06. The van der Waals surface area contributed by atoms with Crippen LogP contribution in [0.1, 0.15) is 26.2 Å². The number of hydrogen-bond acceptors (Lipinski definition) is 2. The molecule has 0 amide bonds. The molecule has 2 nitrogen and oxygen atoms in total. The molecule has 1 aliphatic rings. The van der Waals surface area contributed by atoms with Crippen molar-refractivity contribution in [3.05, 3.63) is 23.8 Å². The van der Waals surface area contributed by atoms with Gasteiger partial charge in [-0.15, -0.1) is 0 Å². The van der Waals surface area contributed by atoms with Gasteiger partial charge in [0.25, 0.3) is 0 Å². The molecule has 1 saturated carbocycles. The predicted molar refractivity (Wildman–Crippen MR) is 52.3 cm³/mol. The first-order valence-corrected chi connectivity index (χ1v) is 4.67. The minimum Gasteiger partial charge on any atom is -0.466 e. The van der Waals surface area contributed by atoms with Crippen LogP contribution in [-0.4, -0.2) is 13.1 Å². The molecule has 0 N–H and O–H groups in total. The topological polar surface area (TPSA) is 26.3 Å². The quantitative estimate of drug-likeness (QED) is 0.377. The molecule has 1 rings (SSSR count). The zero-order chi connectivity index (χ0) is 9.68. The second-order valence-corrected chi connectivity index (χ2v) is 3.27. The van der Waals surface area contributed by atoms with Gasteiger partial charge in [0.05, 0.1) is 7.11 Å². The second kappa shape index (κ2) is 4.85. The molecule has 13 heavy (non-hydrogen) atoms. The largest absolute Gasteiger partial charge is 0.466 e. The van der Waals surface area contributed by atoms with Gasteiger partial charge in [-0.05, 0) is 32.1 Å². The van der Waals surface area contributed by atoms with Gasteiger partial charge in [0.2, 0.25) is 0 Å².